The molecule has 1 fully saturated rings. The van der Waals surface area contributed by atoms with Crippen molar-refractivity contribution in [2.24, 2.45) is 5.92 Å². The van der Waals surface area contributed by atoms with Crippen molar-refractivity contribution in [3.05, 3.63) is 35.4 Å². The first kappa shape index (κ1) is 15.0. The molecule has 110 valence electrons. The standard InChI is InChI=1S/C16H23NO3/c1-17(11-14-4-3-9-20-12-14)10-13-5-7-15(8-6-13)16(18)19-2/h5-8,14H,3-4,9-12H2,1-2H3. The van der Waals surface area contributed by atoms with Gasteiger partial charge in [0.15, 0.2) is 0 Å². The van der Waals surface area contributed by atoms with E-state index in [-0.39, 0.29) is 5.97 Å². The summed E-state index contributed by atoms with van der Waals surface area (Å²) in [7, 11) is 3.53. The van der Waals surface area contributed by atoms with Gasteiger partial charge in [0.1, 0.15) is 0 Å². The molecule has 4 heteroatoms. The zero-order chi connectivity index (χ0) is 14.4. The van der Waals surface area contributed by atoms with Crippen LogP contribution in [0.3, 0.4) is 0 Å². The number of methoxy groups -OCH3 is 1. The van der Waals surface area contributed by atoms with Crippen LogP contribution in [0.5, 0.6) is 0 Å². The van der Waals surface area contributed by atoms with E-state index in [1.165, 1.54) is 25.5 Å². The van der Waals surface area contributed by atoms with Crippen molar-refractivity contribution >= 4 is 5.97 Å². The summed E-state index contributed by atoms with van der Waals surface area (Å²) < 4.78 is 10.2. The highest BCUT2D eigenvalue weighted by Gasteiger charge is 2.16. The van der Waals surface area contributed by atoms with Crippen molar-refractivity contribution in [3.8, 4) is 0 Å². The topological polar surface area (TPSA) is 38.8 Å². The van der Waals surface area contributed by atoms with Gasteiger partial charge in [-0.1, -0.05) is 12.1 Å². The van der Waals surface area contributed by atoms with E-state index < -0.39 is 0 Å². The van der Waals surface area contributed by atoms with E-state index in [0.29, 0.717) is 11.5 Å². The molecule has 1 unspecified atom stereocenters. The van der Waals surface area contributed by atoms with Gasteiger partial charge in [-0.15, -0.1) is 0 Å². The second kappa shape index (κ2) is 7.41. The Balaban J connectivity index is 1.84. The van der Waals surface area contributed by atoms with Crippen LogP contribution in [0, 0.1) is 5.92 Å². The highest BCUT2D eigenvalue weighted by atomic mass is 16.5. The van der Waals surface area contributed by atoms with Crippen LogP contribution in [0.2, 0.25) is 0 Å². The van der Waals surface area contributed by atoms with Gasteiger partial charge in [-0.05, 0) is 43.5 Å². The minimum atomic E-state index is -0.288. The van der Waals surface area contributed by atoms with Crippen molar-refractivity contribution in [1.29, 1.82) is 0 Å². The van der Waals surface area contributed by atoms with E-state index in [4.69, 9.17) is 9.47 Å². The normalized spacial score (nSPS) is 19.1. The number of rotatable bonds is 5. The minimum Gasteiger partial charge on any atom is -0.465 e. The van der Waals surface area contributed by atoms with Crippen molar-refractivity contribution < 1.29 is 14.3 Å². The highest BCUT2D eigenvalue weighted by Crippen LogP contribution is 2.16. The predicted octanol–water partition coefficient (Wildman–Crippen LogP) is 2.33. The van der Waals surface area contributed by atoms with Gasteiger partial charge in [-0.3, -0.25) is 0 Å². The lowest BCUT2D eigenvalue weighted by Gasteiger charge is -2.27. The fraction of sp³-hybridized carbons (Fsp3) is 0.562. The van der Waals surface area contributed by atoms with E-state index in [2.05, 4.69) is 11.9 Å². The van der Waals surface area contributed by atoms with E-state index in [1.54, 1.807) is 0 Å². The van der Waals surface area contributed by atoms with Crippen LogP contribution < -0.4 is 0 Å². The number of carbonyl (C=O) groups is 1. The molecule has 0 spiro atoms. The minimum absolute atomic E-state index is 0.288. The Morgan fingerprint density at radius 1 is 1.40 bits per heavy atom. The summed E-state index contributed by atoms with van der Waals surface area (Å²) >= 11 is 0. The maximum atomic E-state index is 11.4. The van der Waals surface area contributed by atoms with Crippen LogP contribution in [-0.2, 0) is 16.0 Å². The van der Waals surface area contributed by atoms with Crippen molar-refractivity contribution in [1.82, 2.24) is 4.90 Å². The third-order valence-electron chi connectivity index (χ3n) is 3.65. The third-order valence-corrected chi connectivity index (χ3v) is 3.65. The van der Waals surface area contributed by atoms with Crippen LogP contribution in [0.4, 0.5) is 0 Å². The maximum Gasteiger partial charge on any atom is 0.337 e. The van der Waals surface area contributed by atoms with E-state index in [0.717, 1.165) is 26.3 Å². The van der Waals surface area contributed by atoms with Crippen LogP contribution >= 0.6 is 0 Å². The number of ether oxygens (including phenoxy) is 2. The summed E-state index contributed by atoms with van der Waals surface area (Å²) in [5, 5.41) is 0. The Morgan fingerprint density at radius 3 is 2.75 bits per heavy atom. The third kappa shape index (κ3) is 4.32. The quantitative estimate of drug-likeness (QED) is 0.774. The number of benzene rings is 1. The van der Waals surface area contributed by atoms with Crippen molar-refractivity contribution in [3.63, 3.8) is 0 Å². The molecule has 1 aliphatic heterocycles. The Labute approximate surface area is 120 Å². The number of esters is 1. The number of nitrogens with zero attached hydrogens (tertiary/aromatic N) is 1. The van der Waals surface area contributed by atoms with Crippen LogP contribution in [0.15, 0.2) is 24.3 Å². The molecule has 0 aliphatic carbocycles. The molecule has 4 nitrogen and oxygen atoms in total. The monoisotopic (exact) mass is 277 g/mol. The zero-order valence-electron chi connectivity index (χ0n) is 12.3. The SMILES string of the molecule is COC(=O)c1ccc(CN(C)CC2CCCOC2)cc1. The first-order valence-corrected chi connectivity index (χ1v) is 7.12. The van der Waals surface area contributed by atoms with Gasteiger partial charge in [0.25, 0.3) is 0 Å². The Morgan fingerprint density at radius 2 is 2.15 bits per heavy atom. The molecule has 1 aromatic rings. The van der Waals surface area contributed by atoms with Gasteiger partial charge in [0.05, 0.1) is 19.3 Å². The number of hydrogen-bond donors (Lipinski definition) is 0. The van der Waals surface area contributed by atoms with Crippen molar-refractivity contribution in [2.45, 2.75) is 19.4 Å². The van der Waals surface area contributed by atoms with E-state index in [9.17, 15) is 4.79 Å². The molecular weight excluding hydrogens is 254 g/mol. The van der Waals surface area contributed by atoms with Gasteiger partial charge in [0, 0.05) is 19.7 Å². The lowest BCUT2D eigenvalue weighted by molar-refractivity contribution is 0.0411. The average Bonchev–Trinajstić information content (AvgIpc) is 2.48. The number of hydrogen-bond acceptors (Lipinski definition) is 4. The second-order valence-electron chi connectivity index (χ2n) is 5.47. The lowest BCUT2D eigenvalue weighted by Crippen LogP contribution is -2.30. The molecule has 20 heavy (non-hydrogen) atoms. The molecule has 0 N–H and O–H groups in total. The lowest BCUT2D eigenvalue weighted by atomic mass is 10.0. The fourth-order valence-corrected chi connectivity index (χ4v) is 2.63. The van der Waals surface area contributed by atoms with Gasteiger partial charge < -0.3 is 14.4 Å². The summed E-state index contributed by atoms with van der Waals surface area (Å²) in [6.45, 7) is 3.73. The van der Waals surface area contributed by atoms with Gasteiger partial charge >= 0.3 is 5.97 Å². The van der Waals surface area contributed by atoms with Crippen LogP contribution in [0.1, 0.15) is 28.8 Å². The van der Waals surface area contributed by atoms with E-state index >= 15 is 0 Å². The number of carbonyl (C=O) groups excluding carboxylic acids is 1. The summed E-state index contributed by atoms with van der Waals surface area (Å²) in [5.74, 6) is 0.354. The molecule has 0 radical (unpaired) electrons. The predicted molar refractivity (Wildman–Crippen MR) is 77.7 cm³/mol. The van der Waals surface area contributed by atoms with Gasteiger partial charge in [0.2, 0.25) is 0 Å². The molecule has 0 saturated carbocycles. The molecule has 1 aliphatic rings. The molecule has 0 amide bonds. The molecular formula is C16H23NO3. The van der Waals surface area contributed by atoms with Crippen LogP contribution in [0.25, 0.3) is 0 Å². The average molecular weight is 277 g/mol. The summed E-state index contributed by atoms with van der Waals surface area (Å²) in [6, 6.07) is 7.61. The summed E-state index contributed by atoms with van der Waals surface area (Å²) in [6.07, 6.45) is 2.43. The Kier molecular flexibility index (Phi) is 5.56. The molecule has 0 aromatic heterocycles. The molecule has 1 heterocycles. The zero-order valence-corrected chi connectivity index (χ0v) is 12.3. The Bertz CT molecular complexity index is 424. The van der Waals surface area contributed by atoms with Gasteiger partial charge in [-0.2, -0.15) is 0 Å². The largest absolute Gasteiger partial charge is 0.465 e. The molecule has 2 rings (SSSR count). The summed E-state index contributed by atoms with van der Waals surface area (Å²) in [5.41, 5.74) is 1.80. The Hall–Kier alpha value is -1.39. The first-order valence-electron chi connectivity index (χ1n) is 7.12. The molecule has 1 aromatic carbocycles. The van der Waals surface area contributed by atoms with Crippen molar-refractivity contribution in [2.75, 3.05) is 33.9 Å². The smallest absolute Gasteiger partial charge is 0.337 e. The fourth-order valence-electron chi connectivity index (χ4n) is 2.63. The first-order chi connectivity index (χ1) is 9.69. The van der Waals surface area contributed by atoms with Gasteiger partial charge in [-0.25, -0.2) is 4.79 Å². The van der Waals surface area contributed by atoms with E-state index in [1.807, 2.05) is 24.3 Å². The summed E-state index contributed by atoms with van der Waals surface area (Å²) in [4.78, 5) is 13.7. The molecule has 0 bridgehead atoms. The molecule has 1 saturated heterocycles. The molecule has 1 atom stereocenters. The van der Waals surface area contributed by atoms with Crippen LogP contribution in [-0.4, -0.2) is 44.8 Å². The highest BCUT2D eigenvalue weighted by molar-refractivity contribution is 5.89. The maximum absolute atomic E-state index is 11.4. The second-order valence-corrected chi connectivity index (χ2v) is 5.47.